The van der Waals surface area contributed by atoms with E-state index in [1.807, 2.05) is 13.8 Å². The molecule has 4 heteroatoms. The summed E-state index contributed by atoms with van der Waals surface area (Å²) in [6.45, 7) is 3.38. The highest BCUT2D eigenvalue weighted by molar-refractivity contribution is 4.87. The third kappa shape index (κ3) is 1.61. The molecular weight excluding hydrogens is 160 g/mol. The van der Waals surface area contributed by atoms with Gasteiger partial charge in [-0.25, -0.2) is 0 Å². The van der Waals surface area contributed by atoms with Crippen molar-refractivity contribution in [3.05, 3.63) is 0 Å². The summed E-state index contributed by atoms with van der Waals surface area (Å²) in [5.74, 6) is -0.0946. The molecule has 0 saturated carbocycles. The standard InChI is InChI=1S/C8H16O4/c1-4-5(2)12-6(3-9)8(11)7(4)10/h4-11H,3H2,1-2H3/t4-,5+,6+,7+,8+/m0/s1. The van der Waals surface area contributed by atoms with E-state index in [1.165, 1.54) is 0 Å². The molecule has 1 aliphatic rings. The first kappa shape index (κ1) is 9.92. The Kier molecular flexibility index (Phi) is 3.06. The lowest BCUT2D eigenvalue weighted by Crippen LogP contribution is -2.53. The van der Waals surface area contributed by atoms with Crippen LogP contribution in [0.1, 0.15) is 13.8 Å². The van der Waals surface area contributed by atoms with Gasteiger partial charge in [-0.15, -0.1) is 0 Å². The smallest absolute Gasteiger partial charge is 0.109 e. The van der Waals surface area contributed by atoms with Gasteiger partial charge in [-0.05, 0) is 6.92 Å². The second-order valence-electron chi connectivity index (χ2n) is 3.40. The van der Waals surface area contributed by atoms with Crippen LogP contribution in [0.3, 0.4) is 0 Å². The molecule has 1 saturated heterocycles. The second-order valence-corrected chi connectivity index (χ2v) is 3.40. The normalized spacial score (nSPS) is 49.2. The van der Waals surface area contributed by atoms with Crippen LogP contribution in [0.15, 0.2) is 0 Å². The van der Waals surface area contributed by atoms with Crippen LogP contribution in [0.25, 0.3) is 0 Å². The van der Waals surface area contributed by atoms with Gasteiger partial charge in [0.1, 0.15) is 12.2 Å². The van der Waals surface area contributed by atoms with Crippen LogP contribution in [0.5, 0.6) is 0 Å². The highest BCUT2D eigenvalue weighted by atomic mass is 16.5. The summed E-state index contributed by atoms with van der Waals surface area (Å²) >= 11 is 0. The minimum absolute atomic E-state index is 0.0946. The minimum atomic E-state index is -0.971. The predicted octanol–water partition coefficient (Wildman–Crippen LogP) is -0.876. The number of hydrogen-bond acceptors (Lipinski definition) is 4. The van der Waals surface area contributed by atoms with Crippen LogP contribution in [-0.4, -0.2) is 46.3 Å². The Balaban J connectivity index is 2.63. The lowest BCUT2D eigenvalue weighted by molar-refractivity contribution is -0.200. The molecule has 0 aliphatic carbocycles. The van der Waals surface area contributed by atoms with E-state index in [9.17, 15) is 10.2 Å². The summed E-state index contributed by atoms with van der Waals surface area (Å²) in [6.07, 6.45) is -2.54. The molecule has 72 valence electrons. The average molecular weight is 176 g/mol. The van der Waals surface area contributed by atoms with Crippen molar-refractivity contribution < 1.29 is 20.1 Å². The molecule has 0 amide bonds. The van der Waals surface area contributed by atoms with Crippen LogP contribution < -0.4 is 0 Å². The lowest BCUT2D eigenvalue weighted by atomic mass is 9.89. The summed E-state index contributed by atoms with van der Waals surface area (Å²) in [6, 6.07) is 0. The minimum Gasteiger partial charge on any atom is -0.394 e. The van der Waals surface area contributed by atoms with Gasteiger partial charge in [0.15, 0.2) is 0 Å². The van der Waals surface area contributed by atoms with Crippen molar-refractivity contribution in [2.24, 2.45) is 5.92 Å². The fraction of sp³-hybridized carbons (Fsp3) is 1.00. The average Bonchev–Trinajstić information content (AvgIpc) is 2.08. The topological polar surface area (TPSA) is 69.9 Å². The predicted molar refractivity (Wildman–Crippen MR) is 42.6 cm³/mol. The monoisotopic (exact) mass is 176 g/mol. The van der Waals surface area contributed by atoms with Gasteiger partial charge in [0.2, 0.25) is 0 Å². The van der Waals surface area contributed by atoms with E-state index in [1.54, 1.807) is 0 Å². The first-order valence-corrected chi connectivity index (χ1v) is 4.20. The number of ether oxygens (including phenoxy) is 1. The maximum absolute atomic E-state index is 9.48. The first-order valence-electron chi connectivity index (χ1n) is 4.20. The molecule has 0 radical (unpaired) electrons. The van der Waals surface area contributed by atoms with E-state index in [2.05, 4.69) is 0 Å². The van der Waals surface area contributed by atoms with E-state index in [4.69, 9.17) is 9.84 Å². The summed E-state index contributed by atoms with van der Waals surface area (Å²) in [5, 5.41) is 27.7. The molecule has 5 atom stereocenters. The van der Waals surface area contributed by atoms with Crippen LogP contribution in [0.2, 0.25) is 0 Å². The van der Waals surface area contributed by atoms with E-state index in [0.29, 0.717) is 0 Å². The second kappa shape index (κ2) is 3.70. The number of aliphatic hydroxyl groups is 3. The zero-order valence-corrected chi connectivity index (χ0v) is 7.34. The Morgan fingerprint density at radius 1 is 1.17 bits per heavy atom. The molecule has 0 aromatic carbocycles. The van der Waals surface area contributed by atoms with Gasteiger partial charge in [-0.1, -0.05) is 6.92 Å². The summed E-state index contributed by atoms with van der Waals surface area (Å²) in [7, 11) is 0. The van der Waals surface area contributed by atoms with Crippen molar-refractivity contribution in [3.8, 4) is 0 Å². The van der Waals surface area contributed by atoms with Gasteiger partial charge in [0.05, 0.1) is 18.8 Å². The Bertz CT molecular complexity index is 145. The van der Waals surface area contributed by atoms with Gasteiger partial charge < -0.3 is 20.1 Å². The fourth-order valence-corrected chi connectivity index (χ4v) is 1.44. The van der Waals surface area contributed by atoms with Crippen LogP contribution >= 0.6 is 0 Å². The van der Waals surface area contributed by atoms with Crippen molar-refractivity contribution in [2.45, 2.75) is 38.3 Å². The molecule has 0 aromatic rings. The van der Waals surface area contributed by atoms with E-state index in [0.717, 1.165) is 0 Å². The van der Waals surface area contributed by atoms with Crippen molar-refractivity contribution in [1.82, 2.24) is 0 Å². The number of rotatable bonds is 1. The quantitative estimate of drug-likeness (QED) is 0.485. The van der Waals surface area contributed by atoms with Gasteiger partial charge in [0.25, 0.3) is 0 Å². The Hall–Kier alpha value is -0.160. The molecule has 1 rings (SSSR count). The van der Waals surface area contributed by atoms with Crippen LogP contribution in [0.4, 0.5) is 0 Å². The molecule has 0 spiro atoms. The summed E-state index contributed by atoms with van der Waals surface area (Å²) < 4.78 is 5.27. The molecule has 0 bridgehead atoms. The highest BCUT2D eigenvalue weighted by Gasteiger charge is 2.39. The molecule has 0 aromatic heterocycles. The Morgan fingerprint density at radius 3 is 2.25 bits per heavy atom. The van der Waals surface area contributed by atoms with E-state index >= 15 is 0 Å². The molecule has 0 unspecified atom stereocenters. The van der Waals surface area contributed by atoms with Gasteiger partial charge >= 0.3 is 0 Å². The molecular formula is C8H16O4. The van der Waals surface area contributed by atoms with Gasteiger partial charge in [-0.2, -0.15) is 0 Å². The lowest BCUT2D eigenvalue weighted by Gasteiger charge is -2.39. The summed E-state index contributed by atoms with van der Waals surface area (Å²) in [5.41, 5.74) is 0. The third-order valence-corrected chi connectivity index (χ3v) is 2.58. The van der Waals surface area contributed by atoms with Crippen LogP contribution in [0, 0.1) is 5.92 Å². The Morgan fingerprint density at radius 2 is 1.75 bits per heavy atom. The zero-order chi connectivity index (χ0) is 9.30. The molecule has 1 aliphatic heterocycles. The SMILES string of the molecule is C[C@@H]1[C@@H](O)[C@H](O)[C@@H](CO)O[C@@H]1C. The maximum Gasteiger partial charge on any atom is 0.109 e. The molecule has 1 heterocycles. The third-order valence-electron chi connectivity index (χ3n) is 2.58. The summed E-state index contributed by atoms with van der Waals surface area (Å²) in [4.78, 5) is 0. The van der Waals surface area contributed by atoms with Crippen molar-refractivity contribution in [1.29, 1.82) is 0 Å². The van der Waals surface area contributed by atoms with Crippen LogP contribution in [-0.2, 0) is 4.74 Å². The Labute approximate surface area is 71.8 Å². The molecule has 12 heavy (non-hydrogen) atoms. The van der Waals surface area contributed by atoms with Gasteiger partial charge in [0, 0.05) is 5.92 Å². The first-order chi connectivity index (χ1) is 5.57. The maximum atomic E-state index is 9.48. The highest BCUT2D eigenvalue weighted by Crippen LogP contribution is 2.25. The van der Waals surface area contributed by atoms with Crippen molar-refractivity contribution in [3.63, 3.8) is 0 Å². The van der Waals surface area contributed by atoms with E-state index < -0.39 is 18.3 Å². The number of hydrogen-bond donors (Lipinski definition) is 3. The van der Waals surface area contributed by atoms with Gasteiger partial charge in [-0.3, -0.25) is 0 Å². The molecule has 1 fully saturated rings. The molecule has 3 N–H and O–H groups in total. The molecule has 4 nitrogen and oxygen atoms in total. The fourth-order valence-electron chi connectivity index (χ4n) is 1.44. The van der Waals surface area contributed by atoms with Crippen molar-refractivity contribution in [2.75, 3.05) is 6.61 Å². The number of aliphatic hydroxyl groups excluding tert-OH is 3. The van der Waals surface area contributed by atoms with Crippen molar-refractivity contribution >= 4 is 0 Å². The van der Waals surface area contributed by atoms with E-state index in [-0.39, 0.29) is 18.6 Å². The largest absolute Gasteiger partial charge is 0.394 e. The zero-order valence-electron chi connectivity index (χ0n) is 7.34.